The third-order valence-electron chi connectivity index (χ3n) is 2.32. The Morgan fingerprint density at radius 2 is 2.29 bits per heavy atom. The van der Waals surface area contributed by atoms with Crippen LogP contribution in [0.25, 0.3) is 11.1 Å². The molecule has 0 saturated carbocycles. The van der Waals surface area contributed by atoms with Crippen molar-refractivity contribution in [1.29, 1.82) is 0 Å². The van der Waals surface area contributed by atoms with Crippen LogP contribution in [0, 0.1) is 0 Å². The summed E-state index contributed by atoms with van der Waals surface area (Å²) in [5.74, 6) is -0.600. The van der Waals surface area contributed by atoms with E-state index in [2.05, 4.69) is 10.3 Å². The number of nitrogens with two attached hydrogens (primary N) is 1. The molecule has 0 bridgehead atoms. The summed E-state index contributed by atoms with van der Waals surface area (Å²) in [5, 5.41) is 2.67. The van der Waals surface area contributed by atoms with Crippen molar-refractivity contribution in [3.05, 3.63) is 34.3 Å². The monoisotopic (exact) mass is 235 g/mol. The lowest BCUT2D eigenvalue weighted by molar-refractivity contribution is -0.120. The first-order valence-electron chi connectivity index (χ1n) is 5.27. The van der Waals surface area contributed by atoms with E-state index >= 15 is 0 Å². The van der Waals surface area contributed by atoms with Crippen molar-refractivity contribution in [1.82, 2.24) is 10.3 Å². The Balaban J connectivity index is 2.13. The molecular formula is C11H13N3O3. The van der Waals surface area contributed by atoms with Crippen LogP contribution in [-0.4, -0.2) is 24.0 Å². The minimum Gasteiger partial charge on any atom is -0.408 e. The molecule has 4 N–H and O–H groups in total. The van der Waals surface area contributed by atoms with Crippen molar-refractivity contribution in [3.8, 4) is 0 Å². The van der Waals surface area contributed by atoms with Crippen molar-refractivity contribution in [2.24, 2.45) is 5.73 Å². The molecule has 0 atom stereocenters. The minimum absolute atomic E-state index is 0.104. The van der Waals surface area contributed by atoms with Crippen molar-refractivity contribution >= 4 is 17.0 Å². The Morgan fingerprint density at radius 3 is 3.06 bits per heavy atom. The van der Waals surface area contributed by atoms with Gasteiger partial charge >= 0.3 is 5.76 Å². The molecule has 0 aliphatic heterocycles. The van der Waals surface area contributed by atoms with E-state index in [9.17, 15) is 9.59 Å². The molecule has 17 heavy (non-hydrogen) atoms. The molecule has 6 heteroatoms. The number of hydrogen-bond donors (Lipinski definition) is 3. The van der Waals surface area contributed by atoms with E-state index in [1.807, 2.05) is 0 Å². The van der Waals surface area contributed by atoms with E-state index in [1.165, 1.54) is 0 Å². The summed E-state index contributed by atoms with van der Waals surface area (Å²) in [4.78, 5) is 24.9. The molecule has 0 saturated heterocycles. The number of carbonyl (C=O) groups excluding carboxylic acids is 1. The maximum Gasteiger partial charge on any atom is 0.417 e. The molecule has 0 radical (unpaired) electrons. The molecule has 0 spiro atoms. The molecular weight excluding hydrogens is 222 g/mol. The van der Waals surface area contributed by atoms with Gasteiger partial charge in [0.05, 0.1) is 11.9 Å². The van der Waals surface area contributed by atoms with Gasteiger partial charge in [-0.25, -0.2) is 4.79 Å². The lowest BCUT2D eigenvalue weighted by Gasteiger charge is -2.03. The Morgan fingerprint density at radius 1 is 1.47 bits per heavy atom. The van der Waals surface area contributed by atoms with Gasteiger partial charge in [-0.1, -0.05) is 6.07 Å². The van der Waals surface area contributed by atoms with Gasteiger partial charge in [0, 0.05) is 13.1 Å². The van der Waals surface area contributed by atoms with Gasteiger partial charge in [0.15, 0.2) is 5.58 Å². The standard InChI is InChI=1S/C11H13N3O3/c12-3-4-13-10(15)6-7-1-2-8-9(5-7)17-11(16)14-8/h1-2,5H,3-4,6,12H2,(H,13,15)(H,14,16). The number of oxazole rings is 1. The molecule has 1 aromatic heterocycles. The third-order valence-corrected chi connectivity index (χ3v) is 2.32. The predicted octanol–water partition coefficient (Wildman–Crippen LogP) is -0.261. The maximum absolute atomic E-state index is 11.4. The lowest BCUT2D eigenvalue weighted by atomic mass is 10.1. The van der Waals surface area contributed by atoms with E-state index in [0.717, 1.165) is 5.56 Å². The van der Waals surface area contributed by atoms with E-state index < -0.39 is 5.76 Å². The topological polar surface area (TPSA) is 101 Å². The van der Waals surface area contributed by atoms with Crippen LogP contribution in [-0.2, 0) is 11.2 Å². The van der Waals surface area contributed by atoms with Crippen molar-refractivity contribution in [2.45, 2.75) is 6.42 Å². The van der Waals surface area contributed by atoms with Crippen molar-refractivity contribution < 1.29 is 9.21 Å². The Bertz CT molecular complexity index is 585. The molecule has 0 unspecified atom stereocenters. The summed E-state index contributed by atoms with van der Waals surface area (Å²) in [5.41, 5.74) is 7.15. The van der Waals surface area contributed by atoms with Crippen LogP contribution < -0.4 is 16.8 Å². The van der Waals surface area contributed by atoms with Crippen molar-refractivity contribution in [2.75, 3.05) is 13.1 Å². The summed E-state index contributed by atoms with van der Waals surface area (Å²) in [7, 11) is 0. The van der Waals surface area contributed by atoms with Gasteiger partial charge in [-0.3, -0.25) is 9.78 Å². The first-order chi connectivity index (χ1) is 8.19. The quantitative estimate of drug-likeness (QED) is 0.679. The number of aromatic nitrogens is 1. The largest absolute Gasteiger partial charge is 0.417 e. The van der Waals surface area contributed by atoms with E-state index in [-0.39, 0.29) is 12.3 Å². The molecule has 0 fully saturated rings. The summed E-state index contributed by atoms with van der Waals surface area (Å²) in [6.07, 6.45) is 0.241. The number of aromatic amines is 1. The van der Waals surface area contributed by atoms with Gasteiger partial charge in [0.25, 0.3) is 0 Å². The first-order valence-corrected chi connectivity index (χ1v) is 5.27. The first kappa shape index (κ1) is 11.4. The number of rotatable bonds is 4. The molecule has 2 aromatic rings. The van der Waals surface area contributed by atoms with E-state index in [0.29, 0.717) is 24.2 Å². The van der Waals surface area contributed by atoms with Crippen LogP contribution in [0.5, 0.6) is 0 Å². The number of H-pyrrole nitrogens is 1. The molecule has 6 nitrogen and oxygen atoms in total. The number of carbonyl (C=O) groups is 1. The second kappa shape index (κ2) is 4.84. The molecule has 90 valence electrons. The summed E-state index contributed by atoms with van der Waals surface area (Å²) in [6, 6.07) is 5.16. The molecule has 2 rings (SSSR count). The van der Waals surface area contributed by atoms with Crippen LogP contribution in [0.1, 0.15) is 5.56 Å². The Labute approximate surface area is 96.8 Å². The number of hydrogen-bond acceptors (Lipinski definition) is 4. The number of benzene rings is 1. The predicted molar refractivity (Wildman–Crippen MR) is 62.6 cm³/mol. The van der Waals surface area contributed by atoms with Crippen LogP contribution in [0.15, 0.2) is 27.4 Å². The maximum atomic E-state index is 11.4. The summed E-state index contributed by atoms with van der Waals surface area (Å²) >= 11 is 0. The fraction of sp³-hybridized carbons (Fsp3) is 0.273. The highest BCUT2D eigenvalue weighted by atomic mass is 16.4. The highest BCUT2D eigenvalue weighted by Gasteiger charge is 2.06. The lowest BCUT2D eigenvalue weighted by Crippen LogP contribution is -2.30. The van der Waals surface area contributed by atoms with Gasteiger partial charge in [0.2, 0.25) is 5.91 Å². The van der Waals surface area contributed by atoms with E-state index in [4.69, 9.17) is 10.2 Å². The number of amides is 1. The molecule has 1 amide bonds. The van der Waals surface area contributed by atoms with Gasteiger partial charge < -0.3 is 15.5 Å². The van der Waals surface area contributed by atoms with Gasteiger partial charge in [-0.15, -0.1) is 0 Å². The Kier molecular flexibility index (Phi) is 3.24. The summed E-state index contributed by atoms with van der Waals surface area (Å²) in [6.45, 7) is 0.873. The zero-order chi connectivity index (χ0) is 12.3. The number of fused-ring (bicyclic) bond motifs is 1. The summed E-state index contributed by atoms with van der Waals surface area (Å²) < 4.78 is 4.91. The van der Waals surface area contributed by atoms with Gasteiger partial charge in [-0.05, 0) is 17.7 Å². The smallest absolute Gasteiger partial charge is 0.408 e. The number of nitrogens with one attached hydrogen (secondary N) is 2. The molecule has 1 heterocycles. The fourth-order valence-corrected chi connectivity index (χ4v) is 1.56. The zero-order valence-corrected chi connectivity index (χ0v) is 9.16. The van der Waals surface area contributed by atoms with Gasteiger partial charge in [-0.2, -0.15) is 0 Å². The van der Waals surface area contributed by atoms with Crippen molar-refractivity contribution in [3.63, 3.8) is 0 Å². The van der Waals surface area contributed by atoms with Gasteiger partial charge in [0.1, 0.15) is 0 Å². The SMILES string of the molecule is NCCNC(=O)Cc1ccc2[nH]c(=O)oc2c1. The average Bonchev–Trinajstić information content (AvgIpc) is 2.65. The van der Waals surface area contributed by atoms with Crippen LogP contribution in [0.2, 0.25) is 0 Å². The van der Waals surface area contributed by atoms with E-state index in [1.54, 1.807) is 18.2 Å². The van der Waals surface area contributed by atoms with Crippen LogP contribution in [0.4, 0.5) is 0 Å². The van der Waals surface area contributed by atoms with Crippen LogP contribution in [0.3, 0.4) is 0 Å². The van der Waals surface area contributed by atoms with Crippen LogP contribution >= 0.6 is 0 Å². The average molecular weight is 235 g/mol. The molecule has 1 aromatic carbocycles. The third kappa shape index (κ3) is 2.73. The normalized spacial score (nSPS) is 10.6. The fourth-order valence-electron chi connectivity index (χ4n) is 1.56. The second-order valence-corrected chi connectivity index (χ2v) is 3.66. The molecule has 0 aliphatic carbocycles. The minimum atomic E-state index is -0.496. The highest BCUT2D eigenvalue weighted by molar-refractivity contribution is 5.80. The zero-order valence-electron chi connectivity index (χ0n) is 9.16. The highest BCUT2D eigenvalue weighted by Crippen LogP contribution is 2.12. The Hall–Kier alpha value is -2.08. The molecule has 0 aliphatic rings. The second-order valence-electron chi connectivity index (χ2n) is 3.66.